The molecule has 0 aliphatic heterocycles. The zero-order valence-electron chi connectivity index (χ0n) is 20.3. The quantitative estimate of drug-likeness (QED) is 0.383. The molecule has 184 valence electrons. The van der Waals surface area contributed by atoms with Crippen molar-refractivity contribution in [3.63, 3.8) is 0 Å². The van der Waals surface area contributed by atoms with E-state index < -0.39 is 17.1 Å². The zero-order chi connectivity index (χ0) is 25.7. The molecule has 35 heavy (non-hydrogen) atoms. The minimum atomic E-state index is -0.711. The summed E-state index contributed by atoms with van der Waals surface area (Å²) in [4.78, 5) is 42.3. The molecule has 10 heteroatoms. The summed E-state index contributed by atoms with van der Waals surface area (Å²) in [5.41, 5.74) is 1.65. The summed E-state index contributed by atoms with van der Waals surface area (Å²) in [5.74, 6) is -0.242. The molecule has 0 aliphatic carbocycles. The second-order valence-corrected chi connectivity index (χ2v) is 8.93. The normalized spacial score (nSPS) is 11.4. The van der Waals surface area contributed by atoms with Crippen LogP contribution >= 0.6 is 11.8 Å². The Morgan fingerprint density at radius 3 is 2.29 bits per heavy atom. The Kier molecular flexibility index (Phi) is 8.18. The van der Waals surface area contributed by atoms with E-state index in [0.29, 0.717) is 23.7 Å². The SMILES string of the molecule is CCOc1ccc(N=C(SCC(=O)Nc2cc(C)cc(C)c2)c2c(O)n(C)c(=O)n(C)c2=O)cc1. The van der Waals surface area contributed by atoms with Crippen LogP contribution in [0.5, 0.6) is 11.6 Å². The van der Waals surface area contributed by atoms with Crippen molar-refractivity contribution < 1.29 is 14.6 Å². The maximum absolute atomic E-state index is 12.9. The molecule has 2 N–H and O–H groups in total. The molecule has 9 nitrogen and oxygen atoms in total. The number of anilines is 1. The Morgan fingerprint density at radius 1 is 1.06 bits per heavy atom. The van der Waals surface area contributed by atoms with Crippen LogP contribution in [0.15, 0.2) is 57.0 Å². The fourth-order valence-electron chi connectivity index (χ4n) is 3.46. The number of ether oxygens (including phenoxy) is 1. The van der Waals surface area contributed by atoms with Crippen molar-refractivity contribution in [3.8, 4) is 11.6 Å². The third-order valence-electron chi connectivity index (χ3n) is 5.07. The number of carbonyl (C=O) groups is 1. The van der Waals surface area contributed by atoms with E-state index in [2.05, 4.69) is 10.3 Å². The number of hydrogen-bond acceptors (Lipinski definition) is 7. The van der Waals surface area contributed by atoms with Crippen LogP contribution in [0.25, 0.3) is 0 Å². The average Bonchev–Trinajstić information content (AvgIpc) is 2.80. The smallest absolute Gasteiger partial charge is 0.333 e. The number of aromatic nitrogens is 2. The van der Waals surface area contributed by atoms with Crippen LogP contribution in [0.1, 0.15) is 23.6 Å². The van der Waals surface area contributed by atoms with Crippen molar-refractivity contribution in [3.05, 3.63) is 80.0 Å². The molecular weight excluding hydrogens is 468 g/mol. The van der Waals surface area contributed by atoms with Gasteiger partial charge in [-0.25, -0.2) is 9.79 Å². The van der Waals surface area contributed by atoms with Gasteiger partial charge in [-0.3, -0.25) is 18.7 Å². The molecule has 2 aromatic carbocycles. The topological polar surface area (TPSA) is 115 Å². The minimum absolute atomic E-state index is 0.0751. The first-order valence-electron chi connectivity index (χ1n) is 10.9. The van der Waals surface area contributed by atoms with Crippen LogP contribution in [-0.2, 0) is 18.9 Å². The number of rotatable bonds is 7. The lowest BCUT2D eigenvalue weighted by Crippen LogP contribution is -2.39. The first-order chi connectivity index (χ1) is 16.6. The van der Waals surface area contributed by atoms with Gasteiger partial charge in [-0.15, -0.1) is 0 Å². The fourth-order valence-corrected chi connectivity index (χ4v) is 4.29. The predicted molar refractivity (Wildman–Crippen MR) is 139 cm³/mol. The molecule has 0 atom stereocenters. The second-order valence-electron chi connectivity index (χ2n) is 7.96. The van der Waals surface area contributed by atoms with Crippen LogP contribution in [0.4, 0.5) is 11.4 Å². The van der Waals surface area contributed by atoms with Gasteiger partial charge in [0.2, 0.25) is 11.8 Å². The largest absolute Gasteiger partial charge is 0.494 e. The van der Waals surface area contributed by atoms with Crippen molar-refractivity contribution in [1.82, 2.24) is 9.13 Å². The molecule has 0 unspecified atom stereocenters. The Balaban J connectivity index is 1.97. The van der Waals surface area contributed by atoms with Gasteiger partial charge in [0.05, 0.1) is 18.0 Å². The van der Waals surface area contributed by atoms with Gasteiger partial charge in [0.15, 0.2) is 0 Å². The number of nitrogens with zero attached hydrogens (tertiary/aromatic N) is 3. The van der Waals surface area contributed by atoms with E-state index in [9.17, 15) is 19.5 Å². The maximum atomic E-state index is 12.9. The highest BCUT2D eigenvalue weighted by molar-refractivity contribution is 8.15. The van der Waals surface area contributed by atoms with Crippen LogP contribution in [-0.4, -0.2) is 37.6 Å². The molecule has 0 aliphatic rings. The Labute approximate surface area is 207 Å². The highest BCUT2D eigenvalue weighted by atomic mass is 32.2. The molecule has 3 aromatic rings. The van der Waals surface area contributed by atoms with E-state index in [-0.39, 0.29) is 22.3 Å². The molecule has 1 heterocycles. The van der Waals surface area contributed by atoms with E-state index in [0.717, 1.165) is 32.0 Å². The number of thioether (sulfide) groups is 1. The average molecular weight is 497 g/mol. The van der Waals surface area contributed by atoms with Crippen LogP contribution < -0.4 is 21.3 Å². The number of hydrogen-bond donors (Lipinski definition) is 2. The summed E-state index contributed by atoms with van der Waals surface area (Å²) in [6, 6.07) is 12.6. The number of aromatic hydroxyl groups is 1. The first-order valence-corrected chi connectivity index (χ1v) is 11.9. The van der Waals surface area contributed by atoms with Gasteiger partial charge in [-0.1, -0.05) is 17.8 Å². The number of aryl methyl sites for hydroxylation is 2. The third-order valence-corrected chi connectivity index (χ3v) is 6.05. The number of aliphatic imine (C=N–C) groups is 1. The molecule has 0 saturated heterocycles. The predicted octanol–water partition coefficient (Wildman–Crippen LogP) is 3.26. The lowest BCUT2D eigenvalue weighted by atomic mass is 10.1. The molecular formula is C25H28N4O5S. The maximum Gasteiger partial charge on any atom is 0.333 e. The van der Waals surface area contributed by atoms with Crippen molar-refractivity contribution in [2.24, 2.45) is 19.1 Å². The van der Waals surface area contributed by atoms with Crippen LogP contribution in [0, 0.1) is 13.8 Å². The molecule has 0 fully saturated rings. The molecule has 1 amide bonds. The van der Waals surface area contributed by atoms with Gasteiger partial charge >= 0.3 is 5.69 Å². The van der Waals surface area contributed by atoms with E-state index in [1.165, 1.54) is 14.1 Å². The zero-order valence-corrected chi connectivity index (χ0v) is 21.1. The molecule has 0 saturated carbocycles. The van der Waals surface area contributed by atoms with Crippen molar-refractivity contribution in [2.45, 2.75) is 20.8 Å². The van der Waals surface area contributed by atoms with Crippen LogP contribution in [0.2, 0.25) is 0 Å². The van der Waals surface area contributed by atoms with Gasteiger partial charge in [-0.2, -0.15) is 0 Å². The first kappa shape index (κ1) is 25.8. The minimum Gasteiger partial charge on any atom is -0.494 e. The van der Waals surface area contributed by atoms with Gasteiger partial charge in [0.1, 0.15) is 16.4 Å². The monoisotopic (exact) mass is 496 g/mol. The lowest BCUT2D eigenvalue weighted by Gasteiger charge is -2.13. The number of carbonyl (C=O) groups excluding carboxylic acids is 1. The standard InChI is InChI=1S/C25H28N4O5S/c1-6-34-19-9-7-17(8-10-19)27-22(21-23(31)28(4)25(33)29(5)24(21)32)35-14-20(30)26-18-12-15(2)11-16(3)13-18/h7-13,31H,6,14H2,1-5H3,(H,26,30). The Bertz CT molecular complexity index is 1370. The van der Waals surface area contributed by atoms with Gasteiger partial charge < -0.3 is 15.2 Å². The summed E-state index contributed by atoms with van der Waals surface area (Å²) in [5, 5.41) is 13.6. The molecule has 0 spiro atoms. The Hall–Kier alpha value is -3.79. The lowest BCUT2D eigenvalue weighted by molar-refractivity contribution is -0.113. The summed E-state index contributed by atoms with van der Waals surface area (Å²) < 4.78 is 7.29. The van der Waals surface area contributed by atoms with Crippen molar-refractivity contribution in [1.29, 1.82) is 0 Å². The fraction of sp³-hybridized carbons (Fsp3) is 0.280. The molecule has 0 bridgehead atoms. The van der Waals surface area contributed by atoms with Crippen LogP contribution in [0.3, 0.4) is 0 Å². The summed E-state index contributed by atoms with van der Waals surface area (Å²) in [7, 11) is 2.67. The number of nitrogens with one attached hydrogen (secondary N) is 1. The van der Waals surface area contributed by atoms with E-state index in [1.54, 1.807) is 24.3 Å². The summed E-state index contributed by atoms with van der Waals surface area (Å²) in [6.45, 7) is 6.28. The number of benzene rings is 2. The third kappa shape index (κ3) is 6.21. The number of amides is 1. The summed E-state index contributed by atoms with van der Waals surface area (Å²) in [6.07, 6.45) is 0. The van der Waals surface area contributed by atoms with E-state index >= 15 is 0 Å². The highest BCUT2D eigenvalue weighted by Crippen LogP contribution is 2.25. The van der Waals surface area contributed by atoms with E-state index in [1.807, 2.05) is 39.0 Å². The van der Waals surface area contributed by atoms with E-state index in [4.69, 9.17) is 4.74 Å². The summed E-state index contributed by atoms with van der Waals surface area (Å²) >= 11 is 0.989. The Morgan fingerprint density at radius 2 is 1.69 bits per heavy atom. The highest BCUT2D eigenvalue weighted by Gasteiger charge is 2.22. The van der Waals surface area contributed by atoms with Gasteiger partial charge in [0, 0.05) is 19.8 Å². The van der Waals surface area contributed by atoms with Crippen molar-refractivity contribution in [2.75, 3.05) is 17.7 Å². The molecule has 3 rings (SSSR count). The van der Waals surface area contributed by atoms with Gasteiger partial charge in [0.25, 0.3) is 5.56 Å². The second kappa shape index (κ2) is 11.1. The van der Waals surface area contributed by atoms with Crippen molar-refractivity contribution >= 4 is 34.1 Å². The van der Waals surface area contributed by atoms with Gasteiger partial charge in [-0.05, 0) is 68.3 Å². The molecule has 1 aromatic heterocycles. The molecule has 0 radical (unpaired) electrons.